The summed E-state index contributed by atoms with van der Waals surface area (Å²) in [5, 5.41) is 8.84. The third-order valence-corrected chi connectivity index (χ3v) is 4.08. The summed E-state index contributed by atoms with van der Waals surface area (Å²) >= 11 is 0. The van der Waals surface area contributed by atoms with Crippen LogP contribution in [0.5, 0.6) is 0 Å². The van der Waals surface area contributed by atoms with Crippen LogP contribution in [0.25, 0.3) is 0 Å². The second-order valence-corrected chi connectivity index (χ2v) is 7.18. The van der Waals surface area contributed by atoms with Crippen molar-refractivity contribution in [3.05, 3.63) is 0 Å². The zero-order valence-corrected chi connectivity index (χ0v) is 11.9. The van der Waals surface area contributed by atoms with Gasteiger partial charge in [-0.1, -0.05) is 20.3 Å². The minimum Gasteiger partial charge on any atom is -0.260 e. The van der Waals surface area contributed by atoms with Crippen molar-refractivity contribution in [3.63, 3.8) is 0 Å². The summed E-state index contributed by atoms with van der Waals surface area (Å²) in [5.41, 5.74) is -0.223. The summed E-state index contributed by atoms with van der Waals surface area (Å²) in [6.45, 7) is 8.24. The molecule has 0 rings (SSSR count). The molecule has 0 aliphatic rings. The van der Waals surface area contributed by atoms with Crippen LogP contribution in [0.1, 0.15) is 53.4 Å². The predicted molar refractivity (Wildman–Crippen MR) is 70.6 cm³/mol. The van der Waals surface area contributed by atoms with E-state index in [2.05, 4.69) is 19.9 Å². The first-order valence-electron chi connectivity index (χ1n) is 6.13. The lowest BCUT2D eigenvalue weighted by Gasteiger charge is -2.14. The normalized spacial score (nSPS) is 13.8. The maximum atomic E-state index is 11.6. The maximum Gasteiger partial charge on any atom is 0.0683 e. The van der Waals surface area contributed by atoms with Crippen molar-refractivity contribution >= 4 is 10.8 Å². The Morgan fingerprint density at radius 3 is 2.38 bits per heavy atom. The average Bonchev–Trinajstić information content (AvgIpc) is 2.21. The van der Waals surface area contributed by atoms with Gasteiger partial charge in [0.2, 0.25) is 0 Å². The zero-order chi connectivity index (χ0) is 12.6. The molecule has 0 radical (unpaired) electrons. The summed E-state index contributed by atoms with van der Waals surface area (Å²) in [5.74, 6) is 2.27. The first kappa shape index (κ1) is 15.6. The number of nitriles is 1. The number of rotatable bonds is 8. The highest BCUT2D eigenvalue weighted by Crippen LogP contribution is 2.21. The third-order valence-electron chi connectivity index (χ3n) is 2.65. The second kappa shape index (κ2) is 7.84. The fourth-order valence-corrected chi connectivity index (χ4v) is 2.82. The molecule has 0 saturated carbocycles. The van der Waals surface area contributed by atoms with Crippen LogP contribution in [-0.2, 0) is 10.8 Å². The standard InChI is InChI=1S/C13H25NOS/c1-12(2)7-10-16(15)9-6-5-8-13(3,4)11-14/h12H,5-10H2,1-4H3. The van der Waals surface area contributed by atoms with Crippen LogP contribution in [0, 0.1) is 22.7 Å². The molecule has 0 saturated heterocycles. The van der Waals surface area contributed by atoms with Gasteiger partial charge in [0.1, 0.15) is 0 Å². The minimum atomic E-state index is -0.654. The second-order valence-electron chi connectivity index (χ2n) is 5.48. The molecule has 0 heterocycles. The van der Waals surface area contributed by atoms with E-state index >= 15 is 0 Å². The molecule has 16 heavy (non-hydrogen) atoms. The summed E-state index contributed by atoms with van der Waals surface area (Å²) in [6, 6.07) is 2.29. The van der Waals surface area contributed by atoms with Gasteiger partial charge in [0, 0.05) is 22.3 Å². The van der Waals surface area contributed by atoms with Crippen LogP contribution in [0.15, 0.2) is 0 Å². The molecule has 94 valence electrons. The van der Waals surface area contributed by atoms with E-state index in [0.717, 1.165) is 37.2 Å². The van der Waals surface area contributed by atoms with Gasteiger partial charge in [0.25, 0.3) is 0 Å². The molecule has 0 bridgehead atoms. The number of hydrogen-bond donors (Lipinski definition) is 0. The Labute approximate surface area is 103 Å². The van der Waals surface area contributed by atoms with E-state index in [9.17, 15) is 4.21 Å². The average molecular weight is 243 g/mol. The van der Waals surface area contributed by atoms with Gasteiger partial charge in [-0.05, 0) is 39.0 Å². The Morgan fingerprint density at radius 2 is 1.88 bits per heavy atom. The molecule has 0 N–H and O–H groups in total. The molecule has 2 nitrogen and oxygen atoms in total. The van der Waals surface area contributed by atoms with Crippen LogP contribution < -0.4 is 0 Å². The van der Waals surface area contributed by atoms with E-state index < -0.39 is 10.8 Å². The molecule has 1 atom stereocenters. The van der Waals surface area contributed by atoms with Crippen molar-refractivity contribution < 1.29 is 4.21 Å². The van der Waals surface area contributed by atoms with E-state index in [-0.39, 0.29) is 5.41 Å². The lowest BCUT2D eigenvalue weighted by Crippen LogP contribution is -2.09. The predicted octanol–water partition coefficient (Wildman–Crippen LogP) is 3.50. The fourth-order valence-electron chi connectivity index (χ4n) is 1.36. The number of unbranched alkanes of at least 4 members (excludes halogenated alkanes) is 1. The van der Waals surface area contributed by atoms with Crippen molar-refractivity contribution in [3.8, 4) is 6.07 Å². The van der Waals surface area contributed by atoms with Crippen molar-refractivity contribution in [2.24, 2.45) is 11.3 Å². The smallest absolute Gasteiger partial charge is 0.0683 e. The van der Waals surface area contributed by atoms with Crippen molar-refractivity contribution in [1.82, 2.24) is 0 Å². The molecule has 3 heteroatoms. The summed E-state index contributed by atoms with van der Waals surface area (Å²) in [4.78, 5) is 0. The number of hydrogen-bond acceptors (Lipinski definition) is 2. The molecule has 1 unspecified atom stereocenters. The lowest BCUT2D eigenvalue weighted by atomic mass is 9.89. The van der Waals surface area contributed by atoms with Crippen LogP contribution in [0.4, 0.5) is 0 Å². The summed E-state index contributed by atoms with van der Waals surface area (Å²) in [6.07, 6.45) is 3.95. The fraction of sp³-hybridized carbons (Fsp3) is 0.923. The molecule has 0 aliphatic heterocycles. The Hall–Kier alpha value is -0.360. The lowest BCUT2D eigenvalue weighted by molar-refractivity contribution is 0.432. The summed E-state index contributed by atoms with van der Waals surface area (Å²) in [7, 11) is -0.654. The van der Waals surface area contributed by atoms with Crippen molar-refractivity contribution in [2.45, 2.75) is 53.4 Å². The Kier molecular flexibility index (Phi) is 7.66. The van der Waals surface area contributed by atoms with Gasteiger partial charge in [0.05, 0.1) is 11.5 Å². The van der Waals surface area contributed by atoms with Crippen molar-refractivity contribution in [1.29, 1.82) is 5.26 Å². The zero-order valence-electron chi connectivity index (χ0n) is 11.1. The van der Waals surface area contributed by atoms with Crippen LogP contribution >= 0.6 is 0 Å². The van der Waals surface area contributed by atoms with Crippen LogP contribution in [-0.4, -0.2) is 15.7 Å². The van der Waals surface area contributed by atoms with Gasteiger partial charge in [-0.25, -0.2) is 0 Å². The highest BCUT2D eigenvalue weighted by atomic mass is 32.2. The topological polar surface area (TPSA) is 40.9 Å². The molecule has 0 amide bonds. The Bertz CT molecular complexity index is 253. The van der Waals surface area contributed by atoms with E-state index in [4.69, 9.17) is 5.26 Å². The van der Waals surface area contributed by atoms with Crippen LogP contribution in [0.2, 0.25) is 0 Å². The molecule has 0 aliphatic carbocycles. The van der Waals surface area contributed by atoms with Gasteiger partial charge in [-0.2, -0.15) is 5.26 Å². The maximum absolute atomic E-state index is 11.6. The van der Waals surface area contributed by atoms with E-state index in [1.54, 1.807) is 0 Å². The van der Waals surface area contributed by atoms with E-state index in [1.165, 1.54) is 0 Å². The minimum absolute atomic E-state index is 0.223. The molecule has 0 spiro atoms. The van der Waals surface area contributed by atoms with Gasteiger partial charge in [0.15, 0.2) is 0 Å². The summed E-state index contributed by atoms with van der Waals surface area (Å²) < 4.78 is 11.6. The van der Waals surface area contributed by atoms with E-state index in [0.29, 0.717) is 5.92 Å². The van der Waals surface area contributed by atoms with Crippen LogP contribution in [0.3, 0.4) is 0 Å². The largest absolute Gasteiger partial charge is 0.260 e. The van der Waals surface area contributed by atoms with Gasteiger partial charge in [-0.3, -0.25) is 4.21 Å². The Balaban J connectivity index is 3.53. The number of nitrogens with zero attached hydrogens (tertiary/aromatic N) is 1. The molecule has 0 fully saturated rings. The van der Waals surface area contributed by atoms with Gasteiger partial charge >= 0.3 is 0 Å². The van der Waals surface area contributed by atoms with E-state index in [1.807, 2.05) is 13.8 Å². The first-order valence-corrected chi connectivity index (χ1v) is 7.62. The highest BCUT2D eigenvalue weighted by Gasteiger charge is 2.15. The molecular formula is C13H25NOS. The van der Waals surface area contributed by atoms with Crippen molar-refractivity contribution in [2.75, 3.05) is 11.5 Å². The quantitative estimate of drug-likeness (QED) is 0.612. The molecule has 0 aromatic heterocycles. The van der Waals surface area contributed by atoms with Gasteiger partial charge < -0.3 is 0 Å². The molecule has 0 aromatic carbocycles. The highest BCUT2D eigenvalue weighted by molar-refractivity contribution is 7.84. The Morgan fingerprint density at radius 1 is 1.25 bits per heavy atom. The SMILES string of the molecule is CC(C)CCS(=O)CCCCC(C)(C)C#N. The first-order chi connectivity index (χ1) is 7.37. The third kappa shape index (κ3) is 8.91. The van der Waals surface area contributed by atoms with Gasteiger partial charge in [-0.15, -0.1) is 0 Å². The molecular weight excluding hydrogens is 218 g/mol. The molecule has 0 aromatic rings. The monoisotopic (exact) mass is 243 g/mol.